The van der Waals surface area contributed by atoms with Gasteiger partial charge in [-0.2, -0.15) is 0 Å². The summed E-state index contributed by atoms with van der Waals surface area (Å²) < 4.78 is 13.7. The summed E-state index contributed by atoms with van der Waals surface area (Å²) in [6, 6.07) is 6.79. The van der Waals surface area contributed by atoms with E-state index in [-0.39, 0.29) is 17.8 Å². The van der Waals surface area contributed by atoms with E-state index in [1.807, 2.05) is 6.92 Å². The number of halogens is 1. The zero-order valence-corrected chi connectivity index (χ0v) is 12.8. The summed E-state index contributed by atoms with van der Waals surface area (Å²) in [6.07, 6.45) is 1.28. The summed E-state index contributed by atoms with van der Waals surface area (Å²) in [7, 11) is 1.73. The van der Waals surface area contributed by atoms with Crippen molar-refractivity contribution >= 4 is 5.91 Å². The SMILES string of the molecule is CC(C)NCCCC(=O)N(C)C(C)c1ccccc1F. The second kappa shape index (κ2) is 8.00. The van der Waals surface area contributed by atoms with Crippen LogP contribution in [-0.2, 0) is 4.79 Å². The molecule has 0 aliphatic rings. The molecule has 0 heterocycles. The quantitative estimate of drug-likeness (QED) is 0.778. The predicted molar refractivity (Wildman–Crippen MR) is 80.0 cm³/mol. The smallest absolute Gasteiger partial charge is 0.222 e. The third-order valence-electron chi connectivity index (χ3n) is 3.45. The Labute approximate surface area is 121 Å². The number of amides is 1. The molecule has 1 aromatic carbocycles. The highest BCUT2D eigenvalue weighted by atomic mass is 19.1. The summed E-state index contributed by atoms with van der Waals surface area (Å²) in [5.41, 5.74) is 0.559. The molecule has 0 saturated carbocycles. The number of nitrogens with one attached hydrogen (secondary N) is 1. The predicted octanol–water partition coefficient (Wildman–Crippen LogP) is 3.12. The molecule has 1 unspecified atom stereocenters. The van der Waals surface area contributed by atoms with Crippen LogP contribution in [0, 0.1) is 5.82 Å². The molecule has 1 rings (SSSR count). The lowest BCUT2D eigenvalue weighted by Crippen LogP contribution is -2.31. The van der Waals surface area contributed by atoms with Crippen LogP contribution in [-0.4, -0.2) is 30.4 Å². The largest absolute Gasteiger partial charge is 0.339 e. The number of hydrogen-bond donors (Lipinski definition) is 1. The van der Waals surface area contributed by atoms with Gasteiger partial charge in [0.15, 0.2) is 0 Å². The lowest BCUT2D eigenvalue weighted by atomic mass is 10.1. The Kier molecular flexibility index (Phi) is 6.65. The van der Waals surface area contributed by atoms with E-state index in [0.29, 0.717) is 18.0 Å². The van der Waals surface area contributed by atoms with Crippen molar-refractivity contribution in [1.29, 1.82) is 0 Å². The first kappa shape index (κ1) is 16.6. The van der Waals surface area contributed by atoms with Crippen molar-refractivity contribution in [2.75, 3.05) is 13.6 Å². The number of carbonyl (C=O) groups is 1. The fourth-order valence-electron chi connectivity index (χ4n) is 2.05. The number of carbonyl (C=O) groups excluding carboxylic acids is 1. The molecule has 1 N–H and O–H groups in total. The van der Waals surface area contributed by atoms with Crippen molar-refractivity contribution in [1.82, 2.24) is 10.2 Å². The summed E-state index contributed by atoms with van der Waals surface area (Å²) in [6.45, 7) is 6.83. The van der Waals surface area contributed by atoms with Crippen LogP contribution < -0.4 is 5.32 Å². The second-order valence-electron chi connectivity index (χ2n) is 5.41. The summed E-state index contributed by atoms with van der Waals surface area (Å²) >= 11 is 0. The Balaban J connectivity index is 2.50. The van der Waals surface area contributed by atoms with E-state index in [9.17, 15) is 9.18 Å². The van der Waals surface area contributed by atoms with E-state index in [1.54, 1.807) is 30.1 Å². The maximum absolute atomic E-state index is 13.7. The van der Waals surface area contributed by atoms with E-state index in [4.69, 9.17) is 0 Å². The van der Waals surface area contributed by atoms with Gasteiger partial charge < -0.3 is 10.2 Å². The lowest BCUT2D eigenvalue weighted by molar-refractivity contribution is -0.131. The summed E-state index contributed by atoms with van der Waals surface area (Å²) in [5, 5.41) is 3.28. The first-order chi connectivity index (χ1) is 9.43. The van der Waals surface area contributed by atoms with Gasteiger partial charge in [-0.05, 0) is 26.0 Å². The molecule has 0 aliphatic heterocycles. The highest BCUT2D eigenvalue weighted by Crippen LogP contribution is 2.22. The summed E-state index contributed by atoms with van der Waals surface area (Å²) in [4.78, 5) is 13.7. The number of rotatable bonds is 7. The van der Waals surface area contributed by atoms with Crippen LogP contribution in [0.5, 0.6) is 0 Å². The molecular formula is C16H25FN2O. The minimum atomic E-state index is -0.263. The molecule has 0 bridgehead atoms. The van der Waals surface area contributed by atoms with E-state index >= 15 is 0 Å². The van der Waals surface area contributed by atoms with Crippen molar-refractivity contribution in [3.63, 3.8) is 0 Å². The third-order valence-corrected chi connectivity index (χ3v) is 3.45. The van der Waals surface area contributed by atoms with Gasteiger partial charge >= 0.3 is 0 Å². The Hall–Kier alpha value is -1.42. The van der Waals surface area contributed by atoms with Gasteiger partial charge in [0, 0.05) is 25.1 Å². The van der Waals surface area contributed by atoms with Crippen LogP contribution in [0.2, 0.25) is 0 Å². The van der Waals surface area contributed by atoms with Crippen LogP contribution in [0.15, 0.2) is 24.3 Å². The Bertz CT molecular complexity index is 434. The van der Waals surface area contributed by atoms with Crippen LogP contribution in [0.4, 0.5) is 4.39 Å². The van der Waals surface area contributed by atoms with Crippen molar-refractivity contribution in [2.24, 2.45) is 0 Å². The molecule has 3 nitrogen and oxygen atoms in total. The topological polar surface area (TPSA) is 32.3 Å². The molecule has 0 aliphatic carbocycles. The molecule has 1 amide bonds. The Morgan fingerprint density at radius 3 is 2.55 bits per heavy atom. The molecule has 0 radical (unpaired) electrons. The van der Waals surface area contributed by atoms with E-state index in [2.05, 4.69) is 19.2 Å². The van der Waals surface area contributed by atoms with Gasteiger partial charge in [-0.1, -0.05) is 32.0 Å². The monoisotopic (exact) mass is 280 g/mol. The molecule has 1 atom stereocenters. The standard InChI is InChI=1S/C16H25FN2O/c1-12(2)18-11-7-10-16(20)19(4)13(3)14-8-5-6-9-15(14)17/h5-6,8-9,12-13,18H,7,10-11H2,1-4H3. The maximum atomic E-state index is 13.7. The van der Waals surface area contributed by atoms with Crippen LogP contribution in [0.25, 0.3) is 0 Å². The molecule has 20 heavy (non-hydrogen) atoms. The van der Waals surface area contributed by atoms with Crippen LogP contribution in [0.3, 0.4) is 0 Å². The zero-order chi connectivity index (χ0) is 15.1. The van der Waals surface area contributed by atoms with Gasteiger partial charge in [-0.25, -0.2) is 4.39 Å². The van der Waals surface area contributed by atoms with Gasteiger partial charge in [0.1, 0.15) is 5.82 Å². The zero-order valence-electron chi connectivity index (χ0n) is 12.8. The minimum Gasteiger partial charge on any atom is -0.339 e. The highest BCUT2D eigenvalue weighted by Gasteiger charge is 2.19. The molecule has 112 valence electrons. The minimum absolute atomic E-state index is 0.0475. The molecule has 0 fully saturated rings. The van der Waals surface area contributed by atoms with Gasteiger partial charge in [0.05, 0.1) is 6.04 Å². The number of hydrogen-bond acceptors (Lipinski definition) is 2. The van der Waals surface area contributed by atoms with Gasteiger partial charge in [0.25, 0.3) is 0 Å². The van der Waals surface area contributed by atoms with Gasteiger partial charge in [0.2, 0.25) is 5.91 Å². The molecule has 0 spiro atoms. The summed E-state index contributed by atoms with van der Waals surface area (Å²) in [5.74, 6) is -0.215. The second-order valence-corrected chi connectivity index (χ2v) is 5.41. The van der Waals surface area contributed by atoms with E-state index in [0.717, 1.165) is 13.0 Å². The van der Waals surface area contributed by atoms with Crippen LogP contribution in [0.1, 0.15) is 45.2 Å². The highest BCUT2D eigenvalue weighted by molar-refractivity contribution is 5.76. The van der Waals surface area contributed by atoms with E-state index in [1.165, 1.54) is 6.07 Å². The molecule has 4 heteroatoms. The van der Waals surface area contributed by atoms with Crippen LogP contribution >= 0.6 is 0 Å². The Morgan fingerprint density at radius 1 is 1.30 bits per heavy atom. The maximum Gasteiger partial charge on any atom is 0.222 e. The molecular weight excluding hydrogens is 255 g/mol. The first-order valence-corrected chi connectivity index (χ1v) is 7.17. The first-order valence-electron chi connectivity index (χ1n) is 7.17. The average Bonchev–Trinajstić information content (AvgIpc) is 2.42. The fourth-order valence-corrected chi connectivity index (χ4v) is 2.05. The fraction of sp³-hybridized carbons (Fsp3) is 0.562. The molecule has 1 aromatic rings. The molecule has 0 saturated heterocycles. The third kappa shape index (κ3) is 4.93. The number of benzene rings is 1. The normalized spacial score (nSPS) is 12.5. The van der Waals surface area contributed by atoms with Gasteiger partial charge in [-0.15, -0.1) is 0 Å². The lowest BCUT2D eigenvalue weighted by Gasteiger charge is -2.25. The van der Waals surface area contributed by atoms with E-state index < -0.39 is 0 Å². The van der Waals surface area contributed by atoms with Crippen molar-refractivity contribution in [3.05, 3.63) is 35.6 Å². The van der Waals surface area contributed by atoms with Crippen molar-refractivity contribution in [3.8, 4) is 0 Å². The van der Waals surface area contributed by atoms with Crippen molar-refractivity contribution in [2.45, 2.75) is 45.7 Å². The van der Waals surface area contributed by atoms with Crippen molar-refractivity contribution < 1.29 is 9.18 Å². The number of nitrogens with zero attached hydrogens (tertiary/aromatic N) is 1. The average molecular weight is 280 g/mol. The van der Waals surface area contributed by atoms with Gasteiger partial charge in [-0.3, -0.25) is 4.79 Å². The Morgan fingerprint density at radius 2 is 1.95 bits per heavy atom. The molecule has 0 aromatic heterocycles.